The molecule has 8 nitrogen and oxygen atoms in total. The van der Waals surface area contributed by atoms with Crippen LogP contribution < -0.4 is 10.2 Å². The highest BCUT2D eigenvalue weighted by Gasteiger charge is 2.50. The van der Waals surface area contributed by atoms with E-state index >= 15 is 0 Å². The second kappa shape index (κ2) is 10.7. The number of rotatable bonds is 9. The molecule has 38 heavy (non-hydrogen) atoms. The van der Waals surface area contributed by atoms with E-state index in [-0.39, 0.29) is 31.3 Å². The Balaban J connectivity index is 1.51. The third-order valence-electron chi connectivity index (χ3n) is 7.24. The molecule has 1 aromatic heterocycles. The monoisotopic (exact) mass is 510 g/mol. The number of fused-ring (bicyclic) bond motifs is 1. The zero-order chi connectivity index (χ0) is 26.7. The van der Waals surface area contributed by atoms with Gasteiger partial charge in [-0.3, -0.25) is 24.4 Å². The lowest BCUT2D eigenvalue weighted by Gasteiger charge is -2.26. The molecule has 8 heteroatoms. The van der Waals surface area contributed by atoms with Crippen LogP contribution in [0.5, 0.6) is 0 Å². The summed E-state index contributed by atoms with van der Waals surface area (Å²) in [4.78, 5) is 50.9. The second-order valence-electron chi connectivity index (χ2n) is 9.82. The highest BCUT2D eigenvalue weighted by molar-refractivity contribution is 6.20. The number of hydrogen-bond donors (Lipinski definition) is 2. The summed E-state index contributed by atoms with van der Waals surface area (Å²) in [6.45, 7) is 1.60. The van der Waals surface area contributed by atoms with Gasteiger partial charge in [-0.05, 0) is 55.2 Å². The molecule has 2 aromatic carbocycles. The van der Waals surface area contributed by atoms with Crippen molar-refractivity contribution in [3.8, 4) is 0 Å². The summed E-state index contributed by atoms with van der Waals surface area (Å²) in [5.41, 5.74) is 3.18. The third kappa shape index (κ3) is 5.13. The van der Waals surface area contributed by atoms with Gasteiger partial charge < -0.3 is 15.3 Å². The van der Waals surface area contributed by atoms with Crippen molar-refractivity contribution in [2.24, 2.45) is 10.4 Å². The molecule has 0 bridgehead atoms. The number of carbonyl (C=O) groups is 3. The normalized spacial score (nSPS) is 17.7. The minimum Gasteiger partial charge on any atom is -0.395 e. The Labute approximate surface area is 221 Å². The molecule has 0 spiro atoms. The maximum Gasteiger partial charge on any atom is 0.252 e. The van der Waals surface area contributed by atoms with E-state index in [9.17, 15) is 19.5 Å². The number of anilines is 2. The van der Waals surface area contributed by atoms with Gasteiger partial charge in [-0.1, -0.05) is 43.3 Å². The van der Waals surface area contributed by atoms with Crippen LogP contribution in [0.2, 0.25) is 0 Å². The molecule has 2 N–H and O–H groups in total. The molecule has 194 valence electrons. The first kappa shape index (κ1) is 25.5. The van der Waals surface area contributed by atoms with Gasteiger partial charge in [0.2, 0.25) is 5.91 Å². The second-order valence-corrected chi connectivity index (χ2v) is 9.82. The average molecular weight is 511 g/mol. The van der Waals surface area contributed by atoms with E-state index in [1.54, 1.807) is 36.5 Å². The Morgan fingerprint density at radius 1 is 1.08 bits per heavy atom. The molecule has 1 aliphatic heterocycles. The molecular formula is C30H30N4O4. The van der Waals surface area contributed by atoms with Crippen molar-refractivity contribution in [3.63, 3.8) is 0 Å². The number of ketones is 1. The van der Waals surface area contributed by atoms with Crippen molar-refractivity contribution >= 4 is 34.7 Å². The number of carbonyl (C=O) groups excluding carboxylic acids is 3. The van der Waals surface area contributed by atoms with E-state index < -0.39 is 17.4 Å². The van der Waals surface area contributed by atoms with Gasteiger partial charge in [-0.25, -0.2) is 0 Å². The molecule has 5 rings (SSSR count). The SMILES string of the molecule is CCc1cccc(NC(=O)CC2N=C(c3ccccn3)c3ccccc3N(CC(=O)C3(CO)CC3)C2=O)c1. The van der Waals surface area contributed by atoms with Gasteiger partial charge in [0.1, 0.15) is 6.04 Å². The minimum atomic E-state index is -1.06. The molecule has 3 aromatic rings. The van der Waals surface area contributed by atoms with Gasteiger partial charge >= 0.3 is 0 Å². The predicted molar refractivity (Wildman–Crippen MR) is 145 cm³/mol. The van der Waals surface area contributed by atoms with E-state index in [1.807, 2.05) is 43.3 Å². The van der Waals surface area contributed by atoms with Crippen LogP contribution in [0.15, 0.2) is 77.9 Å². The summed E-state index contributed by atoms with van der Waals surface area (Å²) in [7, 11) is 0. The average Bonchev–Trinajstić information content (AvgIpc) is 3.76. The van der Waals surface area contributed by atoms with Crippen LogP contribution in [-0.4, -0.2) is 52.6 Å². The van der Waals surface area contributed by atoms with Crippen LogP contribution in [0.4, 0.5) is 11.4 Å². The number of nitrogens with one attached hydrogen (secondary N) is 1. The van der Waals surface area contributed by atoms with Gasteiger partial charge in [0.25, 0.3) is 5.91 Å². The molecule has 1 aliphatic carbocycles. The van der Waals surface area contributed by atoms with Crippen LogP contribution in [-0.2, 0) is 20.8 Å². The molecule has 1 fully saturated rings. The number of aliphatic hydroxyl groups excluding tert-OH is 1. The summed E-state index contributed by atoms with van der Waals surface area (Å²) < 4.78 is 0. The summed E-state index contributed by atoms with van der Waals surface area (Å²) in [6.07, 6.45) is 3.48. The lowest BCUT2D eigenvalue weighted by atomic mass is 10.00. The molecule has 1 atom stereocenters. The van der Waals surface area contributed by atoms with Crippen molar-refractivity contribution in [1.29, 1.82) is 0 Å². The first-order valence-corrected chi connectivity index (χ1v) is 12.9. The topological polar surface area (TPSA) is 112 Å². The largest absolute Gasteiger partial charge is 0.395 e. The van der Waals surface area contributed by atoms with Crippen molar-refractivity contribution in [3.05, 3.63) is 89.7 Å². The minimum absolute atomic E-state index is 0.191. The Morgan fingerprint density at radius 3 is 2.58 bits per heavy atom. The number of hydrogen-bond acceptors (Lipinski definition) is 6. The van der Waals surface area contributed by atoms with Crippen molar-refractivity contribution in [2.75, 3.05) is 23.4 Å². The summed E-state index contributed by atoms with van der Waals surface area (Å²) in [5.74, 6) is -0.987. The number of aryl methyl sites for hydroxylation is 1. The highest BCUT2D eigenvalue weighted by Crippen LogP contribution is 2.46. The van der Waals surface area contributed by atoms with Crippen LogP contribution in [0.1, 0.15) is 43.0 Å². The van der Waals surface area contributed by atoms with E-state index in [4.69, 9.17) is 4.99 Å². The maximum atomic E-state index is 13.9. The summed E-state index contributed by atoms with van der Waals surface area (Å²) in [6, 6.07) is 19.2. The van der Waals surface area contributed by atoms with E-state index in [0.29, 0.717) is 41.2 Å². The quantitative estimate of drug-likeness (QED) is 0.457. The third-order valence-corrected chi connectivity index (χ3v) is 7.24. The summed E-state index contributed by atoms with van der Waals surface area (Å²) >= 11 is 0. The Kier molecular flexibility index (Phi) is 7.15. The number of Topliss-reactive ketones (excluding diaryl/α,β-unsaturated/α-hetero) is 1. The number of benzene rings is 2. The number of aliphatic hydroxyl groups is 1. The number of amides is 2. The van der Waals surface area contributed by atoms with Crippen molar-refractivity contribution in [2.45, 2.75) is 38.6 Å². The smallest absolute Gasteiger partial charge is 0.252 e. The van der Waals surface area contributed by atoms with Crippen molar-refractivity contribution < 1.29 is 19.5 Å². The number of aromatic nitrogens is 1. The Morgan fingerprint density at radius 2 is 1.87 bits per heavy atom. The van der Waals surface area contributed by atoms with Crippen LogP contribution in [0.25, 0.3) is 0 Å². The number of para-hydroxylation sites is 1. The molecule has 2 aliphatic rings. The molecule has 2 heterocycles. The van der Waals surface area contributed by atoms with Gasteiger partial charge in [0.15, 0.2) is 5.78 Å². The number of nitrogens with zero attached hydrogens (tertiary/aromatic N) is 3. The Hall–Kier alpha value is -4.17. The molecular weight excluding hydrogens is 480 g/mol. The molecule has 0 saturated heterocycles. The van der Waals surface area contributed by atoms with Gasteiger partial charge in [0, 0.05) is 17.4 Å². The van der Waals surface area contributed by atoms with Gasteiger partial charge in [-0.2, -0.15) is 0 Å². The summed E-state index contributed by atoms with van der Waals surface area (Å²) in [5, 5.41) is 12.7. The standard InChI is InChI=1S/C30H30N4O4/c1-2-20-8-7-9-21(16-20)32-27(37)17-24-29(38)34(18-26(36)30(19-35)13-14-30)25-12-4-3-10-22(25)28(33-24)23-11-5-6-15-31-23/h3-12,15-16,24,35H,2,13-14,17-19H2,1H3,(H,32,37). The fraction of sp³-hybridized carbons (Fsp3) is 0.300. The predicted octanol–water partition coefficient (Wildman–Crippen LogP) is 3.57. The first-order valence-electron chi connectivity index (χ1n) is 12.9. The molecule has 1 unspecified atom stereocenters. The van der Waals surface area contributed by atoms with E-state index in [1.165, 1.54) is 4.90 Å². The number of aliphatic imine (C=N–C) groups is 1. The van der Waals surface area contributed by atoms with Crippen LogP contribution in [0, 0.1) is 5.41 Å². The zero-order valence-corrected chi connectivity index (χ0v) is 21.3. The zero-order valence-electron chi connectivity index (χ0n) is 21.3. The molecule has 0 radical (unpaired) electrons. The van der Waals surface area contributed by atoms with E-state index in [2.05, 4.69) is 10.3 Å². The highest BCUT2D eigenvalue weighted by atomic mass is 16.3. The molecule has 1 saturated carbocycles. The fourth-order valence-corrected chi connectivity index (χ4v) is 4.74. The lowest BCUT2D eigenvalue weighted by molar-refractivity contribution is -0.127. The van der Waals surface area contributed by atoms with Crippen molar-refractivity contribution in [1.82, 2.24) is 4.98 Å². The fourth-order valence-electron chi connectivity index (χ4n) is 4.74. The van der Waals surface area contributed by atoms with Crippen LogP contribution >= 0.6 is 0 Å². The number of benzodiazepines with no additional fused rings is 1. The number of pyridine rings is 1. The van der Waals surface area contributed by atoms with Gasteiger partial charge in [-0.15, -0.1) is 0 Å². The maximum absolute atomic E-state index is 13.9. The molecule has 2 amide bonds. The Bertz CT molecular complexity index is 1400. The van der Waals surface area contributed by atoms with Crippen LogP contribution in [0.3, 0.4) is 0 Å². The van der Waals surface area contributed by atoms with E-state index in [0.717, 1.165) is 12.0 Å². The van der Waals surface area contributed by atoms with Gasteiger partial charge in [0.05, 0.1) is 42.1 Å². The lowest BCUT2D eigenvalue weighted by Crippen LogP contribution is -2.44. The first-order chi connectivity index (χ1) is 18.4.